The fourth-order valence-electron chi connectivity index (χ4n) is 1.38. The van der Waals surface area contributed by atoms with E-state index in [1.165, 1.54) is 0 Å². The lowest BCUT2D eigenvalue weighted by Gasteiger charge is -2.04. The Hall–Kier alpha value is -1.21. The van der Waals surface area contributed by atoms with Crippen molar-refractivity contribution in [2.75, 3.05) is 7.05 Å². The monoisotopic (exact) mass is 299 g/mol. The molecule has 0 aliphatic heterocycles. The molecule has 0 fully saturated rings. The molecule has 0 spiro atoms. The second-order valence-electron chi connectivity index (χ2n) is 3.85. The van der Waals surface area contributed by atoms with Gasteiger partial charge in [-0.05, 0) is 29.9 Å². The van der Waals surface area contributed by atoms with Crippen molar-refractivity contribution in [3.05, 3.63) is 28.6 Å². The third-order valence-corrected chi connectivity index (χ3v) is 2.80. The van der Waals surface area contributed by atoms with E-state index in [0.29, 0.717) is 24.3 Å². The van der Waals surface area contributed by atoms with Gasteiger partial charge < -0.3 is 9.84 Å². The summed E-state index contributed by atoms with van der Waals surface area (Å²) in [5.41, 5.74) is 0. The molecule has 92 valence electrons. The van der Waals surface area contributed by atoms with Gasteiger partial charge in [-0.1, -0.05) is 5.16 Å². The van der Waals surface area contributed by atoms with Gasteiger partial charge in [0.25, 0.3) is 0 Å². The van der Waals surface area contributed by atoms with Crippen LogP contribution < -0.4 is 5.32 Å². The van der Waals surface area contributed by atoms with Gasteiger partial charge in [-0.2, -0.15) is 10.1 Å². The molecular weight excluding hydrogens is 286 g/mol. The smallest absolute Gasteiger partial charge is 0.248 e. The first-order valence-corrected chi connectivity index (χ1v) is 6.13. The molecule has 2 aromatic heterocycles. The van der Waals surface area contributed by atoms with E-state index in [-0.39, 0.29) is 0 Å². The van der Waals surface area contributed by atoms with E-state index in [9.17, 15) is 0 Å². The van der Waals surface area contributed by atoms with Crippen LogP contribution in [-0.4, -0.2) is 33.0 Å². The third-order valence-electron chi connectivity index (χ3n) is 2.39. The molecule has 0 saturated carbocycles. The summed E-state index contributed by atoms with van der Waals surface area (Å²) in [4.78, 5) is 4.31. The van der Waals surface area contributed by atoms with Crippen molar-refractivity contribution >= 4 is 15.9 Å². The van der Waals surface area contributed by atoms with Crippen LogP contribution in [0.5, 0.6) is 0 Å². The molecule has 1 unspecified atom stereocenters. The fraction of sp³-hybridized carbons (Fsp3) is 0.500. The van der Waals surface area contributed by atoms with E-state index >= 15 is 0 Å². The number of hydrogen-bond acceptors (Lipinski definition) is 5. The Kier molecular flexibility index (Phi) is 3.90. The van der Waals surface area contributed by atoms with Gasteiger partial charge in [-0.3, -0.25) is 4.68 Å². The maximum atomic E-state index is 5.16. The van der Waals surface area contributed by atoms with Crippen molar-refractivity contribution < 1.29 is 4.52 Å². The highest BCUT2D eigenvalue weighted by molar-refractivity contribution is 9.10. The lowest BCUT2D eigenvalue weighted by Crippen LogP contribution is -2.24. The highest BCUT2D eigenvalue weighted by atomic mass is 79.9. The maximum absolute atomic E-state index is 5.16. The molecule has 0 aromatic carbocycles. The molecule has 7 heteroatoms. The van der Waals surface area contributed by atoms with Crippen molar-refractivity contribution in [3.8, 4) is 0 Å². The van der Waals surface area contributed by atoms with Crippen LogP contribution >= 0.6 is 15.9 Å². The summed E-state index contributed by atoms with van der Waals surface area (Å²) in [6.45, 7) is 2.56. The van der Waals surface area contributed by atoms with Crippen molar-refractivity contribution in [2.24, 2.45) is 0 Å². The van der Waals surface area contributed by atoms with Crippen molar-refractivity contribution in [2.45, 2.75) is 25.9 Å². The first-order chi connectivity index (χ1) is 8.17. The molecule has 2 rings (SSSR count). The molecule has 0 bridgehead atoms. The van der Waals surface area contributed by atoms with Crippen LogP contribution in [0, 0.1) is 0 Å². The summed E-state index contributed by atoms with van der Waals surface area (Å²) in [6, 6.07) is 0.333. The Bertz CT molecular complexity index is 481. The zero-order valence-corrected chi connectivity index (χ0v) is 11.3. The van der Waals surface area contributed by atoms with E-state index < -0.39 is 0 Å². The highest BCUT2D eigenvalue weighted by Gasteiger charge is 2.10. The molecule has 17 heavy (non-hydrogen) atoms. The van der Waals surface area contributed by atoms with E-state index in [0.717, 1.165) is 10.9 Å². The first-order valence-electron chi connectivity index (χ1n) is 5.34. The van der Waals surface area contributed by atoms with Crippen LogP contribution in [0.15, 0.2) is 21.4 Å². The average molecular weight is 300 g/mol. The van der Waals surface area contributed by atoms with Gasteiger partial charge in [0.2, 0.25) is 5.89 Å². The first kappa shape index (κ1) is 12.3. The van der Waals surface area contributed by atoms with Crippen LogP contribution in [-0.2, 0) is 13.0 Å². The molecule has 1 atom stereocenters. The maximum Gasteiger partial charge on any atom is 0.248 e. The standard InChI is InChI=1S/C10H14BrN5O/c1-7(12-2)3-9-14-10(17-15-9)6-16-5-8(11)4-13-16/h4-5,7,12H,3,6H2,1-2H3. The topological polar surface area (TPSA) is 68.8 Å². The van der Waals surface area contributed by atoms with Crippen LogP contribution in [0.25, 0.3) is 0 Å². The van der Waals surface area contributed by atoms with Crippen LogP contribution in [0.4, 0.5) is 0 Å². The molecule has 0 aliphatic carbocycles. The van der Waals surface area contributed by atoms with Gasteiger partial charge in [-0.25, -0.2) is 0 Å². The summed E-state index contributed by atoms with van der Waals surface area (Å²) in [5.74, 6) is 1.28. The van der Waals surface area contributed by atoms with Gasteiger partial charge >= 0.3 is 0 Å². The lowest BCUT2D eigenvalue weighted by atomic mass is 10.2. The number of rotatable bonds is 5. The minimum absolute atomic E-state index is 0.333. The molecular formula is C10H14BrN5O. The molecule has 0 radical (unpaired) electrons. The third kappa shape index (κ3) is 3.37. The van der Waals surface area contributed by atoms with Gasteiger partial charge in [-0.15, -0.1) is 0 Å². The summed E-state index contributed by atoms with van der Waals surface area (Å²) in [6.07, 6.45) is 4.34. The SMILES string of the molecule is CNC(C)Cc1noc(Cn2cc(Br)cn2)n1. The minimum atomic E-state index is 0.333. The predicted molar refractivity (Wildman–Crippen MR) is 65.6 cm³/mol. The summed E-state index contributed by atoms with van der Waals surface area (Å²) >= 11 is 3.33. The van der Waals surface area contributed by atoms with Crippen molar-refractivity contribution in [3.63, 3.8) is 0 Å². The van der Waals surface area contributed by atoms with Gasteiger partial charge in [0.15, 0.2) is 5.82 Å². The van der Waals surface area contributed by atoms with E-state index in [2.05, 4.69) is 43.4 Å². The summed E-state index contributed by atoms with van der Waals surface area (Å²) in [5, 5.41) is 11.2. The molecule has 0 aliphatic rings. The zero-order valence-electron chi connectivity index (χ0n) is 9.72. The van der Waals surface area contributed by atoms with Crippen LogP contribution in [0.2, 0.25) is 0 Å². The molecule has 6 nitrogen and oxygen atoms in total. The summed E-state index contributed by atoms with van der Waals surface area (Å²) < 4.78 is 7.83. The predicted octanol–water partition coefficient (Wildman–Crippen LogP) is 1.23. The van der Waals surface area contributed by atoms with Gasteiger partial charge in [0.1, 0.15) is 6.54 Å². The minimum Gasteiger partial charge on any atom is -0.337 e. The molecule has 2 aromatic rings. The van der Waals surface area contributed by atoms with E-state index in [1.54, 1.807) is 10.9 Å². The number of likely N-dealkylation sites (N-methyl/N-ethyl adjacent to an activating group) is 1. The summed E-state index contributed by atoms with van der Waals surface area (Å²) in [7, 11) is 1.91. The quantitative estimate of drug-likeness (QED) is 0.899. The van der Waals surface area contributed by atoms with Crippen LogP contribution in [0.3, 0.4) is 0 Å². The number of nitrogens with one attached hydrogen (secondary N) is 1. The lowest BCUT2D eigenvalue weighted by molar-refractivity contribution is 0.359. The largest absolute Gasteiger partial charge is 0.337 e. The molecule has 0 saturated heterocycles. The second kappa shape index (κ2) is 5.42. The normalized spacial score (nSPS) is 12.9. The Morgan fingerprint density at radius 1 is 1.59 bits per heavy atom. The number of hydrogen-bond donors (Lipinski definition) is 1. The second-order valence-corrected chi connectivity index (χ2v) is 4.77. The van der Waals surface area contributed by atoms with Crippen LogP contribution in [0.1, 0.15) is 18.6 Å². The van der Waals surface area contributed by atoms with Gasteiger partial charge in [0, 0.05) is 18.7 Å². The number of aromatic nitrogens is 4. The highest BCUT2D eigenvalue weighted by Crippen LogP contribution is 2.08. The Balaban J connectivity index is 1.98. The fourth-order valence-corrected chi connectivity index (χ4v) is 1.70. The van der Waals surface area contributed by atoms with Gasteiger partial charge in [0.05, 0.1) is 10.7 Å². The van der Waals surface area contributed by atoms with E-state index in [1.807, 2.05) is 13.2 Å². The van der Waals surface area contributed by atoms with E-state index in [4.69, 9.17) is 4.52 Å². The van der Waals surface area contributed by atoms with Crippen molar-refractivity contribution in [1.29, 1.82) is 0 Å². The molecule has 1 N–H and O–H groups in total. The Morgan fingerprint density at radius 2 is 2.41 bits per heavy atom. The molecule has 2 heterocycles. The molecule has 0 amide bonds. The number of nitrogens with zero attached hydrogens (tertiary/aromatic N) is 4. The zero-order chi connectivity index (χ0) is 12.3. The van der Waals surface area contributed by atoms with Crippen molar-refractivity contribution in [1.82, 2.24) is 25.2 Å². The average Bonchev–Trinajstić information content (AvgIpc) is 2.89. The Morgan fingerprint density at radius 3 is 3.06 bits per heavy atom. The Labute approximate surface area is 108 Å². The number of halogens is 1.